The fourth-order valence-corrected chi connectivity index (χ4v) is 1.87. The lowest BCUT2D eigenvalue weighted by atomic mass is 10.2. The molecule has 1 heterocycles. The van der Waals surface area contributed by atoms with E-state index < -0.39 is 0 Å². The van der Waals surface area contributed by atoms with Crippen LogP contribution in [0, 0.1) is 0 Å². The van der Waals surface area contributed by atoms with Gasteiger partial charge in [-0.3, -0.25) is 0 Å². The fourth-order valence-electron chi connectivity index (χ4n) is 1.18. The molecule has 0 spiro atoms. The highest BCUT2D eigenvalue weighted by Crippen LogP contribution is 2.21. The average Bonchev–Trinajstić information content (AvgIpc) is 2.18. The number of aromatic nitrogens is 2. The third-order valence-corrected chi connectivity index (χ3v) is 2.61. The molecule has 0 fully saturated rings. The first kappa shape index (κ1) is 12.7. The summed E-state index contributed by atoms with van der Waals surface area (Å²) in [6.07, 6.45) is 1.38. The van der Waals surface area contributed by atoms with Gasteiger partial charge in [-0.05, 0) is 13.3 Å². The maximum Gasteiger partial charge on any atom is 0.137 e. The molecule has 0 aliphatic carbocycles. The molecule has 5 heteroatoms. The van der Waals surface area contributed by atoms with E-state index in [0.717, 1.165) is 12.0 Å². The van der Waals surface area contributed by atoms with Crippen LogP contribution in [-0.4, -0.2) is 23.2 Å². The van der Waals surface area contributed by atoms with Gasteiger partial charge in [0.05, 0.1) is 6.61 Å². The third kappa shape index (κ3) is 3.59. The molecule has 0 radical (unpaired) electrons. The number of nitrogens with zero attached hydrogens (tertiary/aromatic N) is 2. The summed E-state index contributed by atoms with van der Waals surface area (Å²) < 4.78 is 5.21. The summed E-state index contributed by atoms with van der Waals surface area (Å²) in [5.41, 5.74) is 0.804. The van der Waals surface area contributed by atoms with E-state index in [0.29, 0.717) is 35.8 Å². The minimum absolute atomic E-state index is 0.448. The van der Waals surface area contributed by atoms with Crippen molar-refractivity contribution in [3.63, 3.8) is 0 Å². The second-order valence-corrected chi connectivity index (χ2v) is 3.72. The SMILES string of the molecule is CCOCCc1nc(Cl)c(CC)c(Cl)n1. The lowest BCUT2D eigenvalue weighted by molar-refractivity contribution is 0.149. The van der Waals surface area contributed by atoms with E-state index in [4.69, 9.17) is 27.9 Å². The van der Waals surface area contributed by atoms with Crippen molar-refractivity contribution in [3.8, 4) is 0 Å². The predicted octanol–water partition coefficient (Wildman–Crippen LogP) is 2.92. The average molecular weight is 249 g/mol. The third-order valence-electron chi connectivity index (χ3n) is 1.98. The van der Waals surface area contributed by atoms with Gasteiger partial charge < -0.3 is 4.74 Å². The molecule has 0 N–H and O–H groups in total. The van der Waals surface area contributed by atoms with Crippen molar-refractivity contribution in [2.45, 2.75) is 26.7 Å². The van der Waals surface area contributed by atoms with Crippen molar-refractivity contribution < 1.29 is 4.74 Å². The zero-order chi connectivity index (χ0) is 11.3. The Kier molecular flexibility index (Phi) is 5.29. The van der Waals surface area contributed by atoms with Gasteiger partial charge in [0.2, 0.25) is 0 Å². The second-order valence-electron chi connectivity index (χ2n) is 3.00. The van der Waals surface area contributed by atoms with E-state index in [2.05, 4.69) is 9.97 Å². The van der Waals surface area contributed by atoms with Gasteiger partial charge in [0.25, 0.3) is 0 Å². The molecule has 3 nitrogen and oxygen atoms in total. The first-order valence-corrected chi connectivity index (χ1v) is 5.73. The minimum Gasteiger partial charge on any atom is -0.381 e. The molecule has 0 saturated heterocycles. The molecule has 1 aromatic heterocycles. The van der Waals surface area contributed by atoms with E-state index >= 15 is 0 Å². The monoisotopic (exact) mass is 248 g/mol. The second kappa shape index (κ2) is 6.26. The van der Waals surface area contributed by atoms with Gasteiger partial charge in [-0.15, -0.1) is 0 Å². The van der Waals surface area contributed by atoms with Crippen LogP contribution in [0.3, 0.4) is 0 Å². The van der Waals surface area contributed by atoms with Gasteiger partial charge >= 0.3 is 0 Å². The Bertz CT molecular complexity index is 308. The van der Waals surface area contributed by atoms with E-state index in [1.54, 1.807) is 0 Å². The zero-order valence-corrected chi connectivity index (χ0v) is 10.4. The molecule has 0 unspecified atom stereocenters. The number of hydrogen-bond donors (Lipinski definition) is 0. The fraction of sp³-hybridized carbons (Fsp3) is 0.600. The highest BCUT2D eigenvalue weighted by molar-refractivity contribution is 6.34. The van der Waals surface area contributed by atoms with Gasteiger partial charge in [0, 0.05) is 18.6 Å². The van der Waals surface area contributed by atoms with Gasteiger partial charge in [-0.2, -0.15) is 0 Å². The van der Waals surface area contributed by atoms with Crippen LogP contribution in [0.1, 0.15) is 25.2 Å². The van der Waals surface area contributed by atoms with Gasteiger partial charge in [0.15, 0.2) is 0 Å². The Labute approximate surface area is 99.8 Å². The molecule has 1 aromatic rings. The summed E-state index contributed by atoms with van der Waals surface area (Å²) in [5, 5.41) is 0.896. The Morgan fingerprint density at radius 3 is 2.20 bits per heavy atom. The molecule has 0 aliphatic heterocycles. The normalized spacial score (nSPS) is 10.7. The molecular formula is C10H14Cl2N2O. The van der Waals surface area contributed by atoms with Crippen LogP contribution >= 0.6 is 23.2 Å². The molecule has 0 aliphatic rings. The lowest BCUT2D eigenvalue weighted by Gasteiger charge is -2.06. The van der Waals surface area contributed by atoms with Crippen LogP contribution in [0.5, 0.6) is 0 Å². The van der Waals surface area contributed by atoms with Crippen molar-refractivity contribution in [1.29, 1.82) is 0 Å². The summed E-state index contributed by atoms with van der Waals surface area (Å²) in [6.45, 7) is 5.19. The van der Waals surface area contributed by atoms with Crippen molar-refractivity contribution in [2.75, 3.05) is 13.2 Å². The minimum atomic E-state index is 0.448. The van der Waals surface area contributed by atoms with Crippen LogP contribution in [0.25, 0.3) is 0 Å². The van der Waals surface area contributed by atoms with Crippen LogP contribution in [0.4, 0.5) is 0 Å². The standard InChI is InChI=1S/C10H14Cl2N2O/c1-3-7-9(11)13-8(14-10(7)12)5-6-15-4-2/h3-6H2,1-2H3. The van der Waals surface area contributed by atoms with E-state index in [9.17, 15) is 0 Å². The molecule has 0 atom stereocenters. The molecule has 0 saturated carbocycles. The summed E-state index contributed by atoms with van der Waals surface area (Å²) in [6, 6.07) is 0. The zero-order valence-electron chi connectivity index (χ0n) is 8.89. The Hall–Kier alpha value is -0.380. The number of rotatable bonds is 5. The van der Waals surface area contributed by atoms with E-state index in [1.807, 2.05) is 13.8 Å². The quantitative estimate of drug-likeness (QED) is 0.594. The molecule has 15 heavy (non-hydrogen) atoms. The maximum absolute atomic E-state index is 5.97. The van der Waals surface area contributed by atoms with Crippen molar-refractivity contribution in [1.82, 2.24) is 9.97 Å². The lowest BCUT2D eigenvalue weighted by Crippen LogP contribution is -2.05. The molecular weight excluding hydrogens is 235 g/mol. The maximum atomic E-state index is 5.97. The highest BCUT2D eigenvalue weighted by atomic mass is 35.5. The van der Waals surface area contributed by atoms with Crippen molar-refractivity contribution >= 4 is 23.2 Å². The smallest absolute Gasteiger partial charge is 0.137 e. The van der Waals surface area contributed by atoms with Crippen LogP contribution in [0.2, 0.25) is 10.3 Å². The predicted molar refractivity (Wildman–Crippen MR) is 61.6 cm³/mol. The van der Waals surface area contributed by atoms with Crippen LogP contribution in [-0.2, 0) is 17.6 Å². The first-order chi connectivity index (χ1) is 7.19. The number of halogens is 2. The molecule has 84 valence electrons. The largest absolute Gasteiger partial charge is 0.381 e. The van der Waals surface area contributed by atoms with E-state index in [-0.39, 0.29) is 0 Å². The first-order valence-electron chi connectivity index (χ1n) is 4.97. The Morgan fingerprint density at radius 1 is 1.13 bits per heavy atom. The Morgan fingerprint density at radius 2 is 1.73 bits per heavy atom. The summed E-state index contributed by atoms with van der Waals surface area (Å²) >= 11 is 11.9. The van der Waals surface area contributed by atoms with Crippen LogP contribution < -0.4 is 0 Å². The van der Waals surface area contributed by atoms with Gasteiger partial charge in [0.1, 0.15) is 16.1 Å². The van der Waals surface area contributed by atoms with Gasteiger partial charge in [-0.25, -0.2) is 9.97 Å². The number of hydrogen-bond acceptors (Lipinski definition) is 3. The summed E-state index contributed by atoms with van der Waals surface area (Å²) in [4.78, 5) is 8.33. The van der Waals surface area contributed by atoms with Gasteiger partial charge in [-0.1, -0.05) is 30.1 Å². The summed E-state index contributed by atoms with van der Waals surface area (Å²) in [7, 11) is 0. The molecule has 0 aromatic carbocycles. The molecule has 1 rings (SSSR count). The van der Waals surface area contributed by atoms with Crippen molar-refractivity contribution in [2.24, 2.45) is 0 Å². The van der Waals surface area contributed by atoms with Crippen LogP contribution in [0.15, 0.2) is 0 Å². The van der Waals surface area contributed by atoms with Crippen molar-refractivity contribution in [3.05, 3.63) is 21.7 Å². The Balaban J connectivity index is 2.75. The molecule has 0 bridgehead atoms. The number of ether oxygens (including phenoxy) is 1. The highest BCUT2D eigenvalue weighted by Gasteiger charge is 2.09. The molecule has 0 amide bonds. The van der Waals surface area contributed by atoms with E-state index in [1.165, 1.54) is 0 Å². The summed E-state index contributed by atoms with van der Waals surface area (Å²) in [5.74, 6) is 0.635. The topological polar surface area (TPSA) is 35.0 Å².